The highest BCUT2D eigenvalue weighted by atomic mass is 16.5. The molecule has 0 saturated heterocycles. The molecule has 2 aromatic heterocycles. The molecule has 0 radical (unpaired) electrons. The Balaban J connectivity index is 2.39. The van der Waals surface area contributed by atoms with Gasteiger partial charge in [-0.05, 0) is 19.9 Å². The molecule has 7 nitrogen and oxygen atoms in total. The average Bonchev–Trinajstić information content (AvgIpc) is 2.67. The van der Waals surface area contributed by atoms with Crippen LogP contribution in [0.5, 0.6) is 0 Å². The fourth-order valence-corrected chi connectivity index (χ4v) is 1.05. The van der Waals surface area contributed by atoms with Crippen LogP contribution in [0.3, 0.4) is 0 Å². The van der Waals surface area contributed by atoms with Crippen LogP contribution in [-0.4, -0.2) is 20.3 Å². The van der Waals surface area contributed by atoms with Crippen LogP contribution < -0.4 is 11.3 Å². The van der Waals surface area contributed by atoms with Gasteiger partial charge in [-0.25, -0.2) is 5.10 Å². The molecule has 0 unspecified atom stereocenters. The van der Waals surface area contributed by atoms with Crippen molar-refractivity contribution < 1.29 is 4.52 Å². The molecular weight excluding hydrogens is 210 g/mol. The zero-order valence-corrected chi connectivity index (χ0v) is 8.89. The molecule has 0 spiro atoms. The normalized spacial score (nSPS) is 11.7. The van der Waals surface area contributed by atoms with E-state index in [0.29, 0.717) is 11.5 Å². The topological polar surface area (TPSA) is 111 Å². The lowest BCUT2D eigenvalue weighted by Gasteiger charge is -2.11. The first-order valence-corrected chi connectivity index (χ1v) is 4.66. The predicted molar refractivity (Wildman–Crippen MR) is 55.4 cm³/mol. The molecule has 0 atom stereocenters. The summed E-state index contributed by atoms with van der Waals surface area (Å²) >= 11 is 0. The Bertz CT molecular complexity index is 531. The second-order valence-electron chi connectivity index (χ2n) is 3.95. The van der Waals surface area contributed by atoms with Crippen LogP contribution in [0.2, 0.25) is 0 Å². The van der Waals surface area contributed by atoms with Crippen molar-refractivity contribution in [3.8, 4) is 11.6 Å². The van der Waals surface area contributed by atoms with E-state index in [0.717, 1.165) is 0 Å². The summed E-state index contributed by atoms with van der Waals surface area (Å²) in [5, 5.41) is 9.79. The van der Waals surface area contributed by atoms with Crippen molar-refractivity contribution in [2.45, 2.75) is 19.4 Å². The van der Waals surface area contributed by atoms with Gasteiger partial charge in [0.05, 0.1) is 5.54 Å². The maximum atomic E-state index is 10.8. The minimum absolute atomic E-state index is 0.227. The van der Waals surface area contributed by atoms with Gasteiger partial charge in [-0.1, -0.05) is 5.16 Å². The summed E-state index contributed by atoms with van der Waals surface area (Å²) in [6.07, 6.45) is 0. The lowest BCUT2D eigenvalue weighted by Crippen LogP contribution is -2.30. The van der Waals surface area contributed by atoms with E-state index in [1.165, 1.54) is 12.1 Å². The Morgan fingerprint density at radius 1 is 1.44 bits per heavy atom. The number of rotatable bonds is 2. The Hall–Kier alpha value is -2.02. The summed E-state index contributed by atoms with van der Waals surface area (Å²) in [4.78, 5) is 14.9. The van der Waals surface area contributed by atoms with Gasteiger partial charge in [-0.2, -0.15) is 10.1 Å². The molecule has 0 aliphatic carbocycles. The summed E-state index contributed by atoms with van der Waals surface area (Å²) in [5.41, 5.74) is 5.25. The number of nitrogens with zero attached hydrogens (tertiary/aromatic N) is 3. The van der Waals surface area contributed by atoms with Crippen molar-refractivity contribution in [1.29, 1.82) is 0 Å². The number of hydrogen-bond donors (Lipinski definition) is 2. The van der Waals surface area contributed by atoms with Gasteiger partial charge in [0, 0.05) is 6.07 Å². The van der Waals surface area contributed by atoms with E-state index in [4.69, 9.17) is 10.3 Å². The molecule has 16 heavy (non-hydrogen) atoms. The molecule has 2 aromatic rings. The fourth-order valence-electron chi connectivity index (χ4n) is 1.05. The Kier molecular flexibility index (Phi) is 2.31. The molecule has 7 heteroatoms. The number of hydrogen-bond acceptors (Lipinski definition) is 6. The first-order valence-electron chi connectivity index (χ1n) is 4.66. The molecule has 0 fully saturated rings. The maximum Gasteiger partial charge on any atom is 0.278 e. The summed E-state index contributed by atoms with van der Waals surface area (Å²) in [6, 6.07) is 2.83. The minimum Gasteiger partial charge on any atom is -0.332 e. The molecule has 2 heterocycles. The van der Waals surface area contributed by atoms with Gasteiger partial charge in [0.2, 0.25) is 0 Å². The van der Waals surface area contributed by atoms with Gasteiger partial charge in [0.15, 0.2) is 5.82 Å². The SMILES string of the molecule is CC(C)(N)c1noc(-c2ccc(=O)[nH]n2)n1. The van der Waals surface area contributed by atoms with Gasteiger partial charge < -0.3 is 10.3 Å². The van der Waals surface area contributed by atoms with Crippen LogP contribution in [0.1, 0.15) is 19.7 Å². The Morgan fingerprint density at radius 3 is 2.69 bits per heavy atom. The quantitative estimate of drug-likeness (QED) is 0.739. The van der Waals surface area contributed by atoms with Crippen molar-refractivity contribution in [1.82, 2.24) is 20.3 Å². The summed E-state index contributed by atoms with van der Waals surface area (Å²) in [5.74, 6) is 0.611. The molecule has 84 valence electrons. The van der Waals surface area contributed by atoms with E-state index >= 15 is 0 Å². The van der Waals surface area contributed by atoms with E-state index in [2.05, 4.69) is 20.3 Å². The van der Waals surface area contributed by atoms with Crippen LogP contribution >= 0.6 is 0 Å². The third-order valence-electron chi connectivity index (χ3n) is 1.90. The summed E-state index contributed by atoms with van der Waals surface area (Å²) in [6.45, 7) is 3.53. The smallest absolute Gasteiger partial charge is 0.278 e. The summed E-state index contributed by atoms with van der Waals surface area (Å²) < 4.78 is 4.99. The predicted octanol–water partition coefficient (Wildman–Crippen LogP) is 0.0137. The number of H-pyrrole nitrogens is 1. The highest BCUT2D eigenvalue weighted by molar-refractivity contribution is 5.44. The maximum absolute atomic E-state index is 10.8. The fraction of sp³-hybridized carbons (Fsp3) is 0.333. The van der Waals surface area contributed by atoms with E-state index in [9.17, 15) is 4.79 Å². The molecule has 0 aliphatic heterocycles. The number of aromatic nitrogens is 4. The average molecular weight is 221 g/mol. The van der Waals surface area contributed by atoms with E-state index in [1.807, 2.05) is 0 Å². The van der Waals surface area contributed by atoms with Crippen LogP contribution in [0.25, 0.3) is 11.6 Å². The zero-order chi connectivity index (χ0) is 11.8. The van der Waals surface area contributed by atoms with Crippen LogP contribution in [0, 0.1) is 0 Å². The van der Waals surface area contributed by atoms with Gasteiger partial charge in [-0.15, -0.1) is 0 Å². The molecular formula is C9H11N5O2. The van der Waals surface area contributed by atoms with Gasteiger partial charge >= 0.3 is 0 Å². The molecule has 0 aromatic carbocycles. The first-order chi connectivity index (χ1) is 7.47. The lowest BCUT2D eigenvalue weighted by atomic mass is 10.1. The van der Waals surface area contributed by atoms with Gasteiger partial charge in [0.1, 0.15) is 5.69 Å². The minimum atomic E-state index is -0.677. The number of nitrogens with one attached hydrogen (secondary N) is 1. The third-order valence-corrected chi connectivity index (χ3v) is 1.90. The van der Waals surface area contributed by atoms with Crippen molar-refractivity contribution >= 4 is 0 Å². The first kappa shape index (κ1) is 10.5. The summed E-state index contributed by atoms with van der Waals surface area (Å²) in [7, 11) is 0. The second kappa shape index (κ2) is 3.53. The zero-order valence-electron chi connectivity index (χ0n) is 8.89. The number of aromatic amines is 1. The van der Waals surface area contributed by atoms with Gasteiger partial charge in [-0.3, -0.25) is 4.79 Å². The monoisotopic (exact) mass is 221 g/mol. The van der Waals surface area contributed by atoms with E-state index < -0.39 is 5.54 Å². The molecule has 0 aliphatic rings. The highest BCUT2D eigenvalue weighted by Crippen LogP contribution is 2.17. The standard InChI is InChI=1S/C9H11N5O2/c1-9(2,10)8-11-7(16-14-8)5-3-4-6(15)13-12-5/h3-4H,10H2,1-2H3,(H,13,15). The van der Waals surface area contributed by atoms with Crippen LogP contribution in [0.15, 0.2) is 21.5 Å². The molecule has 2 rings (SSSR count). The van der Waals surface area contributed by atoms with Crippen molar-refractivity contribution in [2.24, 2.45) is 5.73 Å². The Morgan fingerprint density at radius 2 is 2.19 bits per heavy atom. The van der Waals surface area contributed by atoms with Crippen LogP contribution in [-0.2, 0) is 5.54 Å². The third kappa shape index (κ3) is 1.98. The van der Waals surface area contributed by atoms with Crippen LogP contribution in [0.4, 0.5) is 0 Å². The van der Waals surface area contributed by atoms with Crippen molar-refractivity contribution in [3.63, 3.8) is 0 Å². The largest absolute Gasteiger partial charge is 0.332 e. The second-order valence-corrected chi connectivity index (χ2v) is 3.95. The Labute approximate surface area is 90.7 Å². The highest BCUT2D eigenvalue weighted by Gasteiger charge is 2.22. The van der Waals surface area contributed by atoms with E-state index in [1.54, 1.807) is 13.8 Å². The van der Waals surface area contributed by atoms with Crippen molar-refractivity contribution in [2.75, 3.05) is 0 Å². The number of nitrogens with two attached hydrogens (primary N) is 1. The molecule has 0 saturated carbocycles. The lowest BCUT2D eigenvalue weighted by molar-refractivity contribution is 0.396. The van der Waals surface area contributed by atoms with E-state index in [-0.39, 0.29) is 11.4 Å². The van der Waals surface area contributed by atoms with Crippen molar-refractivity contribution in [3.05, 3.63) is 28.3 Å². The van der Waals surface area contributed by atoms with Gasteiger partial charge in [0.25, 0.3) is 11.4 Å². The molecule has 0 bridgehead atoms. The molecule has 3 N–H and O–H groups in total. The molecule has 0 amide bonds.